The Hall–Kier alpha value is -2.61. The molecule has 1 saturated heterocycles. The highest BCUT2D eigenvalue weighted by molar-refractivity contribution is 7.07. The Morgan fingerprint density at radius 3 is 3.12 bits per heavy atom. The zero-order valence-electron chi connectivity index (χ0n) is 14.6. The van der Waals surface area contributed by atoms with Gasteiger partial charge in [-0.3, -0.25) is 0 Å². The first-order valence-corrected chi connectivity index (χ1v) is 9.69. The minimum atomic E-state index is -0.243. The van der Waals surface area contributed by atoms with Gasteiger partial charge in [-0.15, -0.1) is 11.3 Å². The average Bonchev–Trinajstić information content (AvgIpc) is 3.37. The van der Waals surface area contributed by atoms with E-state index in [1.54, 1.807) is 16.2 Å². The van der Waals surface area contributed by atoms with Crippen LogP contribution in [0, 0.1) is 0 Å². The molecule has 3 aromatic rings. The molecule has 0 bridgehead atoms. The van der Waals surface area contributed by atoms with Crippen molar-refractivity contribution in [2.24, 2.45) is 0 Å². The van der Waals surface area contributed by atoms with Gasteiger partial charge >= 0.3 is 6.09 Å². The number of nitrogens with zero attached hydrogens (tertiary/aromatic N) is 4. The van der Waals surface area contributed by atoms with Crippen LogP contribution in [0.4, 0.5) is 10.7 Å². The van der Waals surface area contributed by atoms with Gasteiger partial charge in [-0.05, 0) is 25.5 Å². The van der Waals surface area contributed by atoms with Gasteiger partial charge in [0.1, 0.15) is 0 Å². The molecule has 1 aromatic carbocycles. The number of rotatable bonds is 5. The third-order valence-corrected chi connectivity index (χ3v) is 5.14. The molecule has 4 rings (SSSR count). The maximum atomic E-state index is 11.9. The summed E-state index contributed by atoms with van der Waals surface area (Å²) in [6.45, 7) is 4.21. The van der Waals surface area contributed by atoms with E-state index in [9.17, 15) is 4.79 Å². The molecule has 1 aliphatic heterocycles. The van der Waals surface area contributed by atoms with Gasteiger partial charge in [-0.2, -0.15) is 0 Å². The largest absolute Gasteiger partial charge is 0.450 e. The lowest BCUT2D eigenvalue weighted by molar-refractivity contribution is 0.115. The second kappa shape index (κ2) is 7.33. The van der Waals surface area contributed by atoms with Crippen molar-refractivity contribution in [2.45, 2.75) is 25.9 Å². The molecule has 1 atom stereocenters. The minimum Gasteiger partial charge on any atom is -0.450 e. The van der Waals surface area contributed by atoms with E-state index < -0.39 is 0 Å². The van der Waals surface area contributed by atoms with E-state index in [4.69, 9.17) is 9.72 Å². The fraction of sp³-hybridized carbons (Fsp3) is 0.389. The van der Waals surface area contributed by atoms with E-state index >= 15 is 0 Å². The van der Waals surface area contributed by atoms with Gasteiger partial charge in [0.2, 0.25) is 5.95 Å². The number of amides is 1. The lowest BCUT2D eigenvalue weighted by Crippen LogP contribution is -2.32. The van der Waals surface area contributed by atoms with Crippen LogP contribution in [0.3, 0.4) is 0 Å². The highest BCUT2D eigenvalue weighted by Gasteiger charge is 2.28. The minimum absolute atomic E-state index is 0.158. The lowest BCUT2D eigenvalue weighted by Gasteiger charge is -2.17. The van der Waals surface area contributed by atoms with Crippen LogP contribution in [0.2, 0.25) is 0 Å². The Morgan fingerprint density at radius 1 is 1.42 bits per heavy atom. The molecule has 136 valence electrons. The normalized spacial score (nSPS) is 17.0. The summed E-state index contributed by atoms with van der Waals surface area (Å²) in [5.74, 6) is 0.815. The molecule has 1 N–H and O–H groups in total. The van der Waals surface area contributed by atoms with Crippen molar-refractivity contribution >= 4 is 34.4 Å². The van der Waals surface area contributed by atoms with Crippen molar-refractivity contribution in [1.29, 1.82) is 0 Å². The molecule has 1 amide bonds. The van der Waals surface area contributed by atoms with Gasteiger partial charge < -0.3 is 19.5 Å². The van der Waals surface area contributed by atoms with Crippen LogP contribution in [-0.4, -0.2) is 51.3 Å². The van der Waals surface area contributed by atoms with Crippen molar-refractivity contribution < 1.29 is 9.53 Å². The van der Waals surface area contributed by atoms with Crippen molar-refractivity contribution in [2.75, 3.05) is 25.0 Å². The van der Waals surface area contributed by atoms with E-state index in [0.717, 1.165) is 29.1 Å². The molecule has 1 aliphatic rings. The summed E-state index contributed by atoms with van der Waals surface area (Å²) < 4.78 is 7.25. The Balaban J connectivity index is 1.55. The second-order valence-electron chi connectivity index (χ2n) is 6.26. The van der Waals surface area contributed by atoms with Gasteiger partial charge in [-0.1, -0.05) is 12.1 Å². The maximum Gasteiger partial charge on any atom is 0.409 e. The number of hydrogen-bond acceptors (Lipinski definition) is 6. The topological polar surface area (TPSA) is 72.3 Å². The van der Waals surface area contributed by atoms with E-state index in [-0.39, 0.29) is 12.1 Å². The Kier molecular flexibility index (Phi) is 4.75. The first-order chi connectivity index (χ1) is 12.7. The molecule has 8 heteroatoms. The standard InChI is InChI=1S/C18H21N5O2S/c1-2-25-18(24)22-8-7-13(9-22)20-17-21-15-5-3-4-6-16(15)23(17)10-14-11-26-12-19-14/h3-6,11-13H,2,7-10H2,1H3,(H,20,21). The van der Waals surface area contributed by atoms with Gasteiger partial charge in [0.25, 0.3) is 0 Å². The number of aromatic nitrogens is 3. The number of carbonyl (C=O) groups excluding carboxylic acids is 1. The van der Waals surface area contributed by atoms with Crippen LogP contribution in [0.25, 0.3) is 11.0 Å². The molecular weight excluding hydrogens is 350 g/mol. The quantitative estimate of drug-likeness (QED) is 0.746. The number of nitrogens with one attached hydrogen (secondary N) is 1. The third kappa shape index (κ3) is 3.37. The first kappa shape index (κ1) is 16.8. The summed E-state index contributed by atoms with van der Waals surface area (Å²) in [6.07, 6.45) is 0.631. The van der Waals surface area contributed by atoms with Crippen molar-refractivity contribution in [3.05, 3.63) is 40.8 Å². The number of anilines is 1. The van der Waals surface area contributed by atoms with Crippen LogP contribution >= 0.6 is 11.3 Å². The van der Waals surface area contributed by atoms with E-state index in [0.29, 0.717) is 26.2 Å². The number of likely N-dealkylation sites (tertiary alicyclic amines) is 1. The van der Waals surface area contributed by atoms with Gasteiger partial charge in [0.15, 0.2) is 0 Å². The molecule has 26 heavy (non-hydrogen) atoms. The molecule has 3 heterocycles. The maximum absolute atomic E-state index is 11.9. The summed E-state index contributed by atoms with van der Waals surface area (Å²) in [4.78, 5) is 22.8. The fourth-order valence-electron chi connectivity index (χ4n) is 3.26. The number of thiazole rings is 1. The number of para-hydroxylation sites is 2. The number of ether oxygens (including phenoxy) is 1. The molecule has 7 nitrogen and oxygen atoms in total. The second-order valence-corrected chi connectivity index (χ2v) is 6.98. The first-order valence-electron chi connectivity index (χ1n) is 8.75. The average molecular weight is 371 g/mol. The Morgan fingerprint density at radius 2 is 2.31 bits per heavy atom. The zero-order chi connectivity index (χ0) is 17.9. The summed E-state index contributed by atoms with van der Waals surface area (Å²) in [5.41, 5.74) is 4.88. The Labute approximate surface area is 155 Å². The van der Waals surface area contributed by atoms with Crippen LogP contribution in [0.1, 0.15) is 19.0 Å². The summed E-state index contributed by atoms with van der Waals surface area (Å²) in [7, 11) is 0. The predicted molar refractivity (Wildman–Crippen MR) is 102 cm³/mol. The molecule has 0 spiro atoms. The van der Waals surface area contributed by atoms with Crippen molar-refractivity contribution in [3.8, 4) is 0 Å². The van der Waals surface area contributed by atoms with Crippen LogP contribution < -0.4 is 5.32 Å². The van der Waals surface area contributed by atoms with Gasteiger partial charge in [0, 0.05) is 24.5 Å². The summed E-state index contributed by atoms with van der Waals surface area (Å²) in [5, 5.41) is 5.57. The molecule has 1 unspecified atom stereocenters. The highest BCUT2D eigenvalue weighted by atomic mass is 32.1. The number of carbonyl (C=O) groups is 1. The van der Waals surface area contributed by atoms with Crippen molar-refractivity contribution in [3.63, 3.8) is 0 Å². The van der Waals surface area contributed by atoms with Crippen molar-refractivity contribution in [1.82, 2.24) is 19.4 Å². The predicted octanol–water partition coefficient (Wildman–Crippen LogP) is 3.18. The lowest BCUT2D eigenvalue weighted by atomic mass is 10.3. The van der Waals surface area contributed by atoms with Crippen LogP contribution in [0.5, 0.6) is 0 Å². The number of hydrogen-bond donors (Lipinski definition) is 1. The SMILES string of the molecule is CCOC(=O)N1CCC(Nc2nc3ccccc3n2Cc2cscn2)C1. The number of fused-ring (bicyclic) bond motifs is 1. The number of benzene rings is 1. The van der Waals surface area contributed by atoms with Gasteiger partial charge in [-0.25, -0.2) is 14.8 Å². The Bertz CT molecular complexity index is 892. The third-order valence-electron chi connectivity index (χ3n) is 4.51. The smallest absolute Gasteiger partial charge is 0.409 e. The van der Waals surface area contributed by atoms with Crippen LogP contribution in [-0.2, 0) is 11.3 Å². The summed E-state index contributed by atoms with van der Waals surface area (Å²) >= 11 is 1.59. The van der Waals surface area contributed by atoms with E-state index in [1.807, 2.05) is 30.6 Å². The molecule has 2 aromatic heterocycles. The van der Waals surface area contributed by atoms with Gasteiger partial charge in [0.05, 0.1) is 35.4 Å². The summed E-state index contributed by atoms with van der Waals surface area (Å²) in [6, 6.07) is 8.25. The molecule has 0 radical (unpaired) electrons. The molecule has 0 aliphatic carbocycles. The monoisotopic (exact) mass is 371 g/mol. The molecule has 1 fully saturated rings. The van der Waals surface area contributed by atoms with E-state index in [1.165, 1.54) is 0 Å². The van der Waals surface area contributed by atoms with Crippen LogP contribution in [0.15, 0.2) is 35.2 Å². The molecular formula is C18H21N5O2S. The molecule has 0 saturated carbocycles. The fourth-order valence-corrected chi connectivity index (χ4v) is 3.81. The van der Waals surface area contributed by atoms with E-state index in [2.05, 4.69) is 26.3 Å². The highest BCUT2D eigenvalue weighted by Crippen LogP contribution is 2.23. The zero-order valence-corrected chi connectivity index (χ0v) is 15.4. The number of imidazole rings is 1.